The van der Waals surface area contributed by atoms with Crippen molar-refractivity contribution in [1.82, 2.24) is 5.32 Å². The summed E-state index contributed by atoms with van der Waals surface area (Å²) in [7, 11) is 2.01. The number of nitrogens with one attached hydrogen (secondary N) is 1. The van der Waals surface area contributed by atoms with Crippen LogP contribution in [-0.2, 0) is 6.42 Å². The number of aryl methyl sites for hydroxylation is 1. The molecule has 1 aliphatic rings. The molecular formula is C17H27NO2. The van der Waals surface area contributed by atoms with Gasteiger partial charge in [-0.15, -0.1) is 0 Å². The summed E-state index contributed by atoms with van der Waals surface area (Å²) in [5.41, 5.74) is 1.36. The second kappa shape index (κ2) is 8.15. The third-order valence-electron chi connectivity index (χ3n) is 3.70. The minimum absolute atomic E-state index is 0.457. The van der Waals surface area contributed by atoms with Crippen molar-refractivity contribution < 1.29 is 9.47 Å². The summed E-state index contributed by atoms with van der Waals surface area (Å²) >= 11 is 0. The lowest BCUT2D eigenvalue weighted by atomic mass is 10.1. The van der Waals surface area contributed by atoms with Crippen LogP contribution in [0.2, 0.25) is 0 Å². The Balaban J connectivity index is 1.79. The van der Waals surface area contributed by atoms with E-state index in [0.29, 0.717) is 5.92 Å². The second-order valence-electron chi connectivity index (χ2n) is 5.78. The van der Waals surface area contributed by atoms with Crippen molar-refractivity contribution in [3.63, 3.8) is 0 Å². The van der Waals surface area contributed by atoms with E-state index in [1.807, 2.05) is 7.05 Å². The number of hydrogen-bond donors (Lipinski definition) is 1. The topological polar surface area (TPSA) is 30.5 Å². The van der Waals surface area contributed by atoms with Gasteiger partial charge >= 0.3 is 0 Å². The van der Waals surface area contributed by atoms with Crippen LogP contribution >= 0.6 is 0 Å². The third kappa shape index (κ3) is 4.71. The molecule has 0 saturated carbocycles. The number of hydrogen-bond acceptors (Lipinski definition) is 3. The predicted octanol–water partition coefficient (Wildman–Crippen LogP) is 3.42. The highest BCUT2D eigenvalue weighted by atomic mass is 16.5. The van der Waals surface area contributed by atoms with Crippen LogP contribution in [0.4, 0.5) is 0 Å². The summed E-state index contributed by atoms with van der Waals surface area (Å²) in [4.78, 5) is 0. The highest BCUT2D eigenvalue weighted by Crippen LogP contribution is 2.31. The molecule has 0 bridgehead atoms. The molecule has 0 fully saturated rings. The van der Waals surface area contributed by atoms with Gasteiger partial charge in [0.2, 0.25) is 0 Å². The highest BCUT2D eigenvalue weighted by Gasteiger charge is 2.14. The lowest BCUT2D eigenvalue weighted by Crippen LogP contribution is -2.12. The molecule has 1 aromatic carbocycles. The summed E-state index contributed by atoms with van der Waals surface area (Å²) in [6, 6.07) is 6.39. The van der Waals surface area contributed by atoms with Gasteiger partial charge in [-0.25, -0.2) is 0 Å². The quantitative estimate of drug-likeness (QED) is 0.775. The fraction of sp³-hybridized carbons (Fsp3) is 0.647. The molecule has 20 heavy (non-hydrogen) atoms. The Kier molecular flexibility index (Phi) is 6.19. The first-order chi connectivity index (χ1) is 9.79. The second-order valence-corrected chi connectivity index (χ2v) is 5.78. The molecule has 2 rings (SSSR count). The van der Waals surface area contributed by atoms with E-state index in [2.05, 4.69) is 30.4 Å². The first kappa shape index (κ1) is 15.2. The molecule has 0 saturated heterocycles. The lowest BCUT2D eigenvalue weighted by Gasteiger charge is -2.09. The van der Waals surface area contributed by atoms with E-state index in [1.54, 1.807) is 0 Å². The van der Waals surface area contributed by atoms with Crippen LogP contribution in [0.5, 0.6) is 11.5 Å². The molecule has 0 aliphatic carbocycles. The van der Waals surface area contributed by atoms with Gasteiger partial charge in [0.05, 0.1) is 13.2 Å². The molecule has 3 heteroatoms. The molecule has 1 aromatic rings. The van der Waals surface area contributed by atoms with Crippen molar-refractivity contribution in [1.29, 1.82) is 0 Å². The number of rotatable bonds is 7. The summed E-state index contributed by atoms with van der Waals surface area (Å²) < 4.78 is 11.6. The molecule has 1 aliphatic heterocycles. The summed E-state index contributed by atoms with van der Waals surface area (Å²) in [6.07, 6.45) is 6.26. The van der Waals surface area contributed by atoms with Crippen molar-refractivity contribution in [3.8, 4) is 11.5 Å². The summed E-state index contributed by atoms with van der Waals surface area (Å²) in [6.45, 7) is 4.78. The van der Waals surface area contributed by atoms with Gasteiger partial charge in [0.1, 0.15) is 0 Å². The van der Waals surface area contributed by atoms with Crippen LogP contribution in [0.3, 0.4) is 0 Å². The van der Waals surface area contributed by atoms with Crippen molar-refractivity contribution in [3.05, 3.63) is 23.8 Å². The summed E-state index contributed by atoms with van der Waals surface area (Å²) in [5, 5.41) is 3.19. The van der Waals surface area contributed by atoms with Gasteiger partial charge in [-0.3, -0.25) is 0 Å². The van der Waals surface area contributed by atoms with Gasteiger partial charge in [-0.1, -0.05) is 25.8 Å². The lowest BCUT2D eigenvalue weighted by molar-refractivity contribution is 0.228. The average molecular weight is 277 g/mol. The van der Waals surface area contributed by atoms with Crippen LogP contribution in [0.15, 0.2) is 18.2 Å². The number of unbranched alkanes of at least 4 members (excludes halogenated alkanes) is 3. The fourth-order valence-electron chi connectivity index (χ4n) is 2.44. The number of ether oxygens (including phenoxy) is 2. The van der Waals surface area contributed by atoms with Crippen molar-refractivity contribution in [2.45, 2.75) is 39.0 Å². The Hall–Kier alpha value is -1.22. The van der Waals surface area contributed by atoms with Crippen LogP contribution in [-0.4, -0.2) is 26.8 Å². The van der Waals surface area contributed by atoms with E-state index in [1.165, 1.54) is 31.2 Å². The van der Waals surface area contributed by atoms with E-state index in [-0.39, 0.29) is 0 Å². The molecule has 1 unspecified atom stereocenters. The average Bonchev–Trinajstić information content (AvgIpc) is 2.65. The van der Waals surface area contributed by atoms with E-state index >= 15 is 0 Å². The molecule has 112 valence electrons. The van der Waals surface area contributed by atoms with Crippen molar-refractivity contribution in [2.24, 2.45) is 5.92 Å². The Labute approximate surface area is 122 Å². The number of benzene rings is 1. The Morgan fingerprint density at radius 1 is 1.05 bits per heavy atom. The zero-order valence-corrected chi connectivity index (χ0v) is 12.8. The minimum atomic E-state index is 0.457. The van der Waals surface area contributed by atoms with Crippen LogP contribution in [0, 0.1) is 5.92 Å². The largest absolute Gasteiger partial charge is 0.489 e. The van der Waals surface area contributed by atoms with Crippen LogP contribution < -0.4 is 14.8 Å². The monoisotopic (exact) mass is 277 g/mol. The Morgan fingerprint density at radius 2 is 1.80 bits per heavy atom. The molecule has 3 nitrogen and oxygen atoms in total. The Bertz CT molecular complexity index is 406. The normalized spacial score (nSPS) is 17.8. The van der Waals surface area contributed by atoms with Crippen molar-refractivity contribution >= 4 is 0 Å². The SMILES string of the molecule is CNCCCCCCc1ccc2c(c1)OCC(C)CO2. The zero-order chi connectivity index (χ0) is 14.2. The maximum Gasteiger partial charge on any atom is 0.161 e. The fourth-order valence-corrected chi connectivity index (χ4v) is 2.44. The zero-order valence-electron chi connectivity index (χ0n) is 12.8. The van der Waals surface area contributed by atoms with E-state index in [4.69, 9.17) is 9.47 Å². The van der Waals surface area contributed by atoms with Gasteiger partial charge in [0.25, 0.3) is 0 Å². The third-order valence-corrected chi connectivity index (χ3v) is 3.70. The molecule has 1 N–H and O–H groups in total. The molecular weight excluding hydrogens is 250 g/mol. The maximum atomic E-state index is 5.83. The molecule has 1 heterocycles. The van der Waals surface area contributed by atoms with Gasteiger partial charge in [-0.05, 0) is 50.6 Å². The highest BCUT2D eigenvalue weighted by molar-refractivity contribution is 5.43. The first-order valence-corrected chi connectivity index (χ1v) is 7.82. The molecule has 0 amide bonds. The maximum absolute atomic E-state index is 5.83. The van der Waals surface area contributed by atoms with Crippen LogP contribution in [0.1, 0.15) is 38.2 Å². The van der Waals surface area contributed by atoms with E-state index < -0.39 is 0 Å². The molecule has 0 radical (unpaired) electrons. The molecule has 1 atom stereocenters. The Morgan fingerprint density at radius 3 is 2.60 bits per heavy atom. The van der Waals surface area contributed by atoms with Gasteiger partial charge in [-0.2, -0.15) is 0 Å². The van der Waals surface area contributed by atoms with Gasteiger partial charge < -0.3 is 14.8 Å². The minimum Gasteiger partial charge on any atom is -0.489 e. The van der Waals surface area contributed by atoms with E-state index in [0.717, 1.165) is 37.7 Å². The van der Waals surface area contributed by atoms with Gasteiger partial charge in [0, 0.05) is 5.92 Å². The predicted molar refractivity (Wildman–Crippen MR) is 82.7 cm³/mol. The molecule has 0 aromatic heterocycles. The molecule has 0 spiro atoms. The standard InChI is InChI=1S/C17H27NO2/c1-14-12-19-16-9-8-15(11-17(16)20-13-14)7-5-3-4-6-10-18-2/h8-9,11,14,18H,3-7,10,12-13H2,1-2H3. The smallest absolute Gasteiger partial charge is 0.161 e. The van der Waals surface area contributed by atoms with Crippen LogP contribution in [0.25, 0.3) is 0 Å². The van der Waals surface area contributed by atoms with Gasteiger partial charge in [0.15, 0.2) is 11.5 Å². The van der Waals surface area contributed by atoms with Crippen molar-refractivity contribution in [2.75, 3.05) is 26.8 Å². The number of fused-ring (bicyclic) bond motifs is 1. The van der Waals surface area contributed by atoms with E-state index in [9.17, 15) is 0 Å². The first-order valence-electron chi connectivity index (χ1n) is 7.82. The summed E-state index contributed by atoms with van der Waals surface area (Å²) in [5.74, 6) is 2.27.